The van der Waals surface area contributed by atoms with Gasteiger partial charge in [0.25, 0.3) is 0 Å². The number of carbonyl (C=O) groups is 1. The lowest BCUT2D eigenvalue weighted by Crippen LogP contribution is -2.58. The third-order valence-corrected chi connectivity index (χ3v) is 3.27. The lowest BCUT2D eigenvalue weighted by Gasteiger charge is -2.38. The first kappa shape index (κ1) is 13.4. The van der Waals surface area contributed by atoms with Crippen molar-refractivity contribution in [3.8, 4) is 0 Å². The first-order valence-electron chi connectivity index (χ1n) is 5.78. The van der Waals surface area contributed by atoms with Crippen LogP contribution in [-0.2, 0) is 4.79 Å². The van der Waals surface area contributed by atoms with Crippen molar-refractivity contribution in [3.05, 3.63) is 0 Å². The Bertz CT molecular complexity index is 235. The molecule has 0 aliphatic carbocycles. The van der Waals surface area contributed by atoms with Crippen molar-refractivity contribution < 1.29 is 9.90 Å². The molecule has 0 aromatic heterocycles. The lowest BCUT2D eigenvalue weighted by molar-refractivity contribution is -0.147. The minimum Gasteiger partial charge on any atom is -0.480 e. The van der Waals surface area contributed by atoms with Crippen LogP contribution in [0.5, 0.6) is 0 Å². The molecule has 2 N–H and O–H groups in total. The van der Waals surface area contributed by atoms with Crippen molar-refractivity contribution in [2.45, 2.75) is 18.4 Å². The third-order valence-electron chi connectivity index (χ3n) is 3.27. The fraction of sp³-hybridized carbons (Fsp3) is 0.909. The molecule has 0 amide bonds. The molecule has 1 rings (SSSR count). The highest BCUT2D eigenvalue weighted by molar-refractivity contribution is 5.79. The zero-order valence-corrected chi connectivity index (χ0v) is 10.5. The SMILES string of the molecule is CN(C)CCNC1(C(=O)O)CCN(C)CC1. The number of hydrogen-bond donors (Lipinski definition) is 2. The first-order chi connectivity index (χ1) is 7.46. The largest absolute Gasteiger partial charge is 0.480 e. The zero-order chi connectivity index (χ0) is 12.2. The molecule has 16 heavy (non-hydrogen) atoms. The van der Waals surface area contributed by atoms with E-state index in [1.807, 2.05) is 21.1 Å². The van der Waals surface area contributed by atoms with E-state index in [9.17, 15) is 9.90 Å². The molecule has 1 fully saturated rings. The lowest BCUT2D eigenvalue weighted by atomic mass is 9.87. The molecule has 0 atom stereocenters. The molecular weight excluding hydrogens is 206 g/mol. The van der Waals surface area contributed by atoms with Gasteiger partial charge in [-0.25, -0.2) is 0 Å². The minimum absolute atomic E-state index is 0.687. The second-order valence-electron chi connectivity index (χ2n) is 4.92. The van der Waals surface area contributed by atoms with E-state index in [-0.39, 0.29) is 0 Å². The molecule has 0 spiro atoms. The molecule has 0 aromatic rings. The maximum atomic E-state index is 11.4. The molecule has 1 aliphatic heterocycles. The number of piperidine rings is 1. The maximum Gasteiger partial charge on any atom is 0.323 e. The molecule has 5 heteroatoms. The summed E-state index contributed by atoms with van der Waals surface area (Å²) in [4.78, 5) is 15.6. The molecule has 1 saturated heterocycles. The highest BCUT2D eigenvalue weighted by Gasteiger charge is 2.40. The van der Waals surface area contributed by atoms with Crippen molar-refractivity contribution in [2.75, 3.05) is 47.3 Å². The average molecular weight is 229 g/mol. The van der Waals surface area contributed by atoms with E-state index < -0.39 is 11.5 Å². The number of hydrogen-bond acceptors (Lipinski definition) is 4. The molecule has 0 saturated carbocycles. The Morgan fingerprint density at radius 3 is 2.44 bits per heavy atom. The van der Waals surface area contributed by atoms with Gasteiger partial charge in [0.15, 0.2) is 0 Å². The number of aliphatic carboxylic acids is 1. The smallest absolute Gasteiger partial charge is 0.323 e. The summed E-state index contributed by atoms with van der Waals surface area (Å²) in [5.41, 5.74) is -0.706. The Morgan fingerprint density at radius 1 is 1.44 bits per heavy atom. The Labute approximate surface area is 97.4 Å². The van der Waals surface area contributed by atoms with Gasteiger partial charge in [0, 0.05) is 26.2 Å². The van der Waals surface area contributed by atoms with E-state index in [1.165, 1.54) is 0 Å². The van der Waals surface area contributed by atoms with Gasteiger partial charge in [-0.2, -0.15) is 0 Å². The van der Waals surface area contributed by atoms with E-state index in [4.69, 9.17) is 0 Å². The highest BCUT2D eigenvalue weighted by Crippen LogP contribution is 2.21. The summed E-state index contributed by atoms with van der Waals surface area (Å²) in [7, 11) is 6.01. The molecule has 0 radical (unpaired) electrons. The molecule has 1 aliphatic rings. The Kier molecular flexibility index (Phi) is 4.70. The van der Waals surface area contributed by atoms with Gasteiger partial charge in [-0.1, -0.05) is 0 Å². The topological polar surface area (TPSA) is 55.8 Å². The summed E-state index contributed by atoms with van der Waals surface area (Å²) in [6, 6.07) is 0. The van der Waals surface area contributed by atoms with Crippen LogP contribution in [0.15, 0.2) is 0 Å². The van der Waals surface area contributed by atoms with Crippen molar-refractivity contribution in [1.29, 1.82) is 0 Å². The van der Waals surface area contributed by atoms with E-state index in [2.05, 4.69) is 15.1 Å². The predicted molar refractivity (Wildman–Crippen MR) is 63.7 cm³/mol. The Morgan fingerprint density at radius 2 is 2.00 bits per heavy atom. The summed E-state index contributed by atoms with van der Waals surface area (Å²) < 4.78 is 0. The summed E-state index contributed by atoms with van der Waals surface area (Å²) in [6.45, 7) is 3.29. The van der Waals surface area contributed by atoms with Gasteiger partial charge in [0.1, 0.15) is 5.54 Å². The molecule has 94 valence electrons. The quantitative estimate of drug-likeness (QED) is 0.677. The highest BCUT2D eigenvalue weighted by atomic mass is 16.4. The van der Waals surface area contributed by atoms with E-state index >= 15 is 0 Å². The van der Waals surface area contributed by atoms with Crippen molar-refractivity contribution in [3.63, 3.8) is 0 Å². The van der Waals surface area contributed by atoms with Crippen molar-refractivity contribution >= 4 is 5.97 Å². The number of carboxylic acid groups (broad SMARTS) is 1. The molecular formula is C11H23N3O2. The fourth-order valence-corrected chi connectivity index (χ4v) is 1.99. The minimum atomic E-state index is -0.709. The van der Waals surface area contributed by atoms with Crippen molar-refractivity contribution in [1.82, 2.24) is 15.1 Å². The van der Waals surface area contributed by atoms with Gasteiger partial charge < -0.3 is 20.2 Å². The van der Waals surface area contributed by atoms with Gasteiger partial charge in [0.05, 0.1) is 0 Å². The Balaban J connectivity index is 2.50. The molecule has 1 heterocycles. The van der Waals surface area contributed by atoms with Crippen LogP contribution in [0.1, 0.15) is 12.8 Å². The van der Waals surface area contributed by atoms with Crippen LogP contribution in [0.25, 0.3) is 0 Å². The van der Waals surface area contributed by atoms with Gasteiger partial charge in [0.2, 0.25) is 0 Å². The molecule has 0 bridgehead atoms. The molecule has 5 nitrogen and oxygen atoms in total. The first-order valence-corrected chi connectivity index (χ1v) is 5.78. The predicted octanol–water partition coefficient (Wildman–Crippen LogP) is -0.313. The van der Waals surface area contributed by atoms with E-state index in [1.54, 1.807) is 0 Å². The number of nitrogens with one attached hydrogen (secondary N) is 1. The maximum absolute atomic E-state index is 11.4. The third kappa shape index (κ3) is 3.43. The van der Waals surface area contributed by atoms with Crippen LogP contribution in [0.2, 0.25) is 0 Å². The number of likely N-dealkylation sites (tertiary alicyclic amines) is 1. The monoisotopic (exact) mass is 229 g/mol. The van der Waals surface area contributed by atoms with E-state index in [0.717, 1.165) is 26.2 Å². The summed E-state index contributed by atoms with van der Waals surface area (Å²) in [5.74, 6) is -0.709. The summed E-state index contributed by atoms with van der Waals surface area (Å²) >= 11 is 0. The van der Waals surface area contributed by atoms with Crippen LogP contribution in [0, 0.1) is 0 Å². The second kappa shape index (κ2) is 5.61. The van der Waals surface area contributed by atoms with Crippen LogP contribution < -0.4 is 5.32 Å². The number of nitrogens with zero attached hydrogens (tertiary/aromatic N) is 2. The second-order valence-corrected chi connectivity index (χ2v) is 4.92. The van der Waals surface area contributed by atoms with Gasteiger partial charge in [-0.3, -0.25) is 4.79 Å². The van der Waals surface area contributed by atoms with Crippen LogP contribution in [0.4, 0.5) is 0 Å². The summed E-state index contributed by atoms with van der Waals surface area (Å²) in [6.07, 6.45) is 1.37. The number of rotatable bonds is 5. The fourth-order valence-electron chi connectivity index (χ4n) is 1.99. The van der Waals surface area contributed by atoms with Gasteiger partial charge >= 0.3 is 5.97 Å². The average Bonchev–Trinajstić information content (AvgIpc) is 2.20. The standard InChI is InChI=1S/C11H23N3O2/c1-13(2)9-6-12-11(10(15)16)4-7-14(3)8-5-11/h12H,4-9H2,1-3H3,(H,15,16). The Hall–Kier alpha value is -0.650. The molecule has 0 unspecified atom stereocenters. The van der Waals surface area contributed by atoms with Gasteiger partial charge in [-0.15, -0.1) is 0 Å². The van der Waals surface area contributed by atoms with Crippen molar-refractivity contribution in [2.24, 2.45) is 0 Å². The van der Waals surface area contributed by atoms with Crippen LogP contribution in [0.3, 0.4) is 0 Å². The normalized spacial score (nSPS) is 21.2. The molecule has 0 aromatic carbocycles. The number of likely N-dealkylation sites (N-methyl/N-ethyl adjacent to an activating group) is 1. The van der Waals surface area contributed by atoms with Crippen LogP contribution in [-0.4, -0.2) is 73.7 Å². The van der Waals surface area contributed by atoms with Crippen LogP contribution >= 0.6 is 0 Å². The van der Waals surface area contributed by atoms with Gasteiger partial charge in [-0.05, 0) is 34.0 Å². The number of carboxylic acids is 1. The van der Waals surface area contributed by atoms with E-state index in [0.29, 0.717) is 12.8 Å². The zero-order valence-electron chi connectivity index (χ0n) is 10.5. The summed E-state index contributed by atoms with van der Waals surface area (Å²) in [5, 5.41) is 12.6.